The lowest BCUT2D eigenvalue weighted by Crippen LogP contribution is -2.18. The number of Topliss-reactive ketones (excluding diaryl/α,β-unsaturated/α-hetero) is 1. The topological polar surface area (TPSA) is 30.0 Å². The molecule has 0 N–H and O–H groups in total. The molecule has 0 aliphatic heterocycles. The second kappa shape index (κ2) is 5.59. The number of rotatable bonds is 4. The summed E-state index contributed by atoms with van der Waals surface area (Å²) in [5, 5.41) is 0. The van der Waals surface area contributed by atoms with E-state index < -0.39 is 0 Å². The molecule has 1 atom stereocenters. The second-order valence-corrected chi connectivity index (χ2v) is 7.49. The molecule has 4 rings (SSSR count). The van der Waals surface area contributed by atoms with Crippen LogP contribution in [0, 0.1) is 11.3 Å². The first-order valence-corrected chi connectivity index (χ1v) is 8.70. The Morgan fingerprint density at radius 3 is 2.83 bits per heavy atom. The van der Waals surface area contributed by atoms with Gasteiger partial charge in [0.05, 0.1) is 0 Å². The Morgan fingerprint density at radius 1 is 1.22 bits per heavy atom. The molecule has 0 bridgehead atoms. The largest absolute Gasteiger partial charge is 0.294 e. The summed E-state index contributed by atoms with van der Waals surface area (Å²) in [5.74, 6) is 0.253. The van der Waals surface area contributed by atoms with E-state index in [1.54, 1.807) is 6.20 Å². The monoisotopic (exact) mass is 305 g/mol. The van der Waals surface area contributed by atoms with E-state index in [9.17, 15) is 4.79 Å². The fraction of sp³-hybridized carbons (Fsp3) is 0.429. The molecule has 2 nitrogen and oxygen atoms in total. The maximum Gasteiger partial charge on any atom is 0.166 e. The summed E-state index contributed by atoms with van der Waals surface area (Å²) in [6.45, 7) is 2.02. The molecule has 118 valence electrons. The van der Waals surface area contributed by atoms with Crippen LogP contribution < -0.4 is 0 Å². The summed E-state index contributed by atoms with van der Waals surface area (Å²) in [6.07, 6.45) is 10.8. The smallest absolute Gasteiger partial charge is 0.166 e. The van der Waals surface area contributed by atoms with Crippen molar-refractivity contribution in [3.05, 3.63) is 65.0 Å². The van der Waals surface area contributed by atoms with Gasteiger partial charge in [-0.3, -0.25) is 9.78 Å². The standard InChI is InChI=1S/C21H23NO/c1-15(11-16-3-2-10-22-14-16)20(23)18-5-4-17-6-7-21(8-9-21)13-19(17)12-18/h2-5,10,12,14-15H,6-9,11,13H2,1H3. The second-order valence-electron chi connectivity index (χ2n) is 7.49. The van der Waals surface area contributed by atoms with E-state index in [1.165, 1.54) is 43.2 Å². The van der Waals surface area contributed by atoms with Gasteiger partial charge >= 0.3 is 0 Å². The molecule has 1 spiro atoms. The number of benzene rings is 1. The van der Waals surface area contributed by atoms with E-state index >= 15 is 0 Å². The van der Waals surface area contributed by atoms with E-state index in [4.69, 9.17) is 0 Å². The molecule has 2 heteroatoms. The SMILES string of the molecule is CC(Cc1cccnc1)C(=O)c1ccc2c(c1)CC1(CC2)CC1. The number of pyridine rings is 1. The van der Waals surface area contributed by atoms with Gasteiger partial charge in [-0.1, -0.05) is 25.1 Å². The maximum absolute atomic E-state index is 12.8. The predicted molar refractivity (Wildman–Crippen MR) is 91.6 cm³/mol. The van der Waals surface area contributed by atoms with Crippen molar-refractivity contribution in [3.8, 4) is 0 Å². The molecule has 0 amide bonds. The fourth-order valence-electron chi connectivity index (χ4n) is 3.93. The van der Waals surface area contributed by atoms with Gasteiger partial charge in [0.15, 0.2) is 5.78 Å². The zero-order chi connectivity index (χ0) is 15.9. The van der Waals surface area contributed by atoms with Crippen LogP contribution in [0.5, 0.6) is 0 Å². The molecule has 1 unspecified atom stereocenters. The van der Waals surface area contributed by atoms with Crippen LogP contribution in [-0.4, -0.2) is 10.8 Å². The number of nitrogens with zero attached hydrogens (tertiary/aromatic N) is 1. The number of fused-ring (bicyclic) bond motifs is 1. The summed E-state index contributed by atoms with van der Waals surface area (Å²) in [6, 6.07) is 10.4. The number of aromatic nitrogens is 1. The zero-order valence-corrected chi connectivity index (χ0v) is 13.7. The van der Waals surface area contributed by atoms with Crippen molar-refractivity contribution in [2.45, 2.75) is 45.4 Å². The normalized spacial score (nSPS) is 19.2. The van der Waals surface area contributed by atoms with Gasteiger partial charge < -0.3 is 0 Å². The van der Waals surface area contributed by atoms with Crippen LogP contribution in [0.3, 0.4) is 0 Å². The molecule has 1 fully saturated rings. The Hall–Kier alpha value is -1.96. The summed E-state index contributed by atoms with van der Waals surface area (Å²) in [5.41, 5.74) is 5.49. The molecule has 1 aromatic heterocycles. The molecule has 1 aromatic carbocycles. The summed E-state index contributed by atoms with van der Waals surface area (Å²) >= 11 is 0. The molecule has 1 saturated carbocycles. The van der Waals surface area contributed by atoms with Gasteiger partial charge in [-0.05, 0) is 72.8 Å². The molecule has 0 radical (unpaired) electrons. The van der Waals surface area contributed by atoms with Gasteiger partial charge in [-0.2, -0.15) is 0 Å². The van der Waals surface area contributed by atoms with Crippen LogP contribution >= 0.6 is 0 Å². The van der Waals surface area contributed by atoms with Gasteiger partial charge in [-0.25, -0.2) is 0 Å². The maximum atomic E-state index is 12.8. The van der Waals surface area contributed by atoms with E-state index in [0.717, 1.165) is 17.5 Å². The van der Waals surface area contributed by atoms with Crippen LogP contribution in [0.15, 0.2) is 42.7 Å². The highest BCUT2D eigenvalue weighted by atomic mass is 16.1. The van der Waals surface area contributed by atoms with Crippen molar-refractivity contribution in [1.29, 1.82) is 0 Å². The quantitative estimate of drug-likeness (QED) is 0.783. The number of aryl methyl sites for hydroxylation is 1. The molecular weight excluding hydrogens is 282 g/mol. The zero-order valence-electron chi connectivity index (χ0n) is 13.7. The van der Waals surface area contributed by atoms with Crippen LogP contribution in [0.1, 0.15) is 53.2 Å². The third-order valence-electron chi connectivity index (χ3n) is 5.65. The van der Waals surface area contributed by atoms with Crippen molar-refractivity contribution in [1.82, 2.24) is 4.98 Å². The first-order chi connectivity index (χ1) is 11.2. The third kappa shape index (κ3) is 2.95. The minimum absolute atomic E-state index is 0.00396. The number of hydrogen-bond acceptors (Lipinski definition) is 2. The van der Waals surface area contributed by atoms with Crippen molar-refractivity contribution in [2.24, 2.45) is 11.3 Å². The Balaban J connectivity index is 1.52. The number of carbonyl (C=O) groups is 1. The Labute approximate surface area is 138 Å². The van der Waals surface area contributed by atoms with Crippen molar-refractivity contribution < 1.29 is 4.79 Å². The number of ketones is 1. The third-order valence-corrected chi connectivity index (χ3v) is 5.65. The average molecular weight is 305 g/mol. The lowest BCUT2D eigenvalue weighted by molar-refractivity contribution is 0.0929. The van der Waals surface area contributed by atoms with Gasteiger partial charge in [0, 0.05) is 23.9 Å². The van der Waals surface area contributed by atoms with E-state index in [1.807, 2.05) is 31.3 Å². The summed E-state index contributed by atoms with van der Waals surface area (Å²) in [4.78, 5) is 16.9. The van der Waals surface area contributed by atoms with Gasteiger partial charge in [0.2, 0.25) is 0 Å². The summed E-state index contributed by atoms with van der Waals surface area (Å²) in [7, 11) is 0. The van der Waals surface area contributed by atoms with Gasteiger partial charge in [0.1, 0.15) is 0 Å². The van der Waals surface area contributed by atoms with Crippen molar-refractivity contribution in [3.63, 3.8) is 0 Å². The molecule has 2 aliphatic rings. The first-order valence-electron chi connectivity index (χ1n) is 8.70. The molecule has 1 heterocycles. The molecule has 2 aliphatic carbocycles. The summed E-state index contributed by atoms with van der Waals surface area (Å²) < 4.78 is 0. The Kier molecular flexibility index (Phi) is 3.56. The van der Waals surface area contributed by atoms with Crippen LogP contribution in [0.25, 0.3) is 0 Å². The average Bonchev–Trinajstić information content (AvgIpc) is 3.33. The Bertz CT molecular complexity index is 731. The van der Waals surface area contributed by atoms with Crippen molar-refractivity contribution in [2.75, 3.05) is 0 Å². The molecule has 2 aromatic rings. The highest BCUT2D eigenvalue weighted by Gasteiger charge is 2.44. The number of carbonyl (C=O) groups excluding carboxylic acids is 1. The molecule has 0 saturated heterocycles. The van der Waals surface area contributed by atoms with Gasteiger partial charge in [-0.15, -0.1) is 0 Å². The minimum atomic E-state index is -0.00396. The van der Waals surface area contributed by atoms with Crippen LogP contribution in [0.4, 0.5) is 0 Å². The number of hydrogen-bond donors (Lipinski definition) is 0. The molecular formula is C21H23NO. The highest BCUT2D eigenvalue weighted by Crippen LogP contribution is 2.54. The van der Waals surface area contributed by atoms with E-state index in [0.29, 0.717) is 5.41 Å². The lowest BCUT2D eigenvalue weighted by atomic mass is 9.80. The van der Waals surface area contributed by atoms with Crippen LogP contribution in [-0.2, 0) is 19.3 Å². The minimum Gasteiger partial charge on any atom is -0.294 e. The van der Waals surface area contributed by atoms with E-state index in [-0.39, 0.29) is 11.7 Å². The highest BCUT2D eigenvalue weighted by molar-refractivity contribution is 5.98. The molecule has 23 heavy (non-hydrogen) atoms. The van der Waals surface area contributed by atoms with E-state index in [2.05, 4.69) is 17.1 Å². The van der Waals surface area contributed by atoms with Gasteiger partial charge in [0.25, 0.3) is 0 Å². The fourth-order valence-corrected chi connectivity index (χ4v) is 3.93. The first kappa shape index (κ1) is 14.6. The van der Waals surface area contributed by atoms with Crippen molar-refractivity contribution >= 4 is 5.78 Å². The Morgan fingerprint density at radius 2 is 2.09 bits per heavy atom. The lowest BCUT2D eigenvalue weighted by Gasteiger charge is -2.24. The van der Waals surface area contributed by atoms with Crippen LogP contribution in [0.2, 0.25) is 0 Å². The predicted octanol–water partition coefficient (Wildman–Crippen LogP) is 4.41.